The van der Waals surface area contributed by atoms with Gasteiger partial charge in [0.15, 0.2) is 0 Å². The van der Waals surface area contributed by atoms with Crippen molar-refractivity contribution in [3.05, 3.63) is 0 Å². The van der Waals surface area contributed by atoms with E-state index in [2.05, 4.69) is 17.6 Å². The molecule has 2 amide bonds. The maximum Gasteiger partial charge on any atom is 0.315 e. The van der Waals surface area contributed by atoms with Gasteiger partial charge in [-0.1, -0.05) is 13.3 Å². The van der Waals surface area contributed by atoms with Gasteiger partial charge >= 0.3 is 12.0 Å². The van der Waals surface area contributed by atoms with Gasteiger partial charge in [-0.3, -0.25) is 4.79 Å². The Morgan fingerprint density at radius 1 is 1.16 bits per heavy atom. The van der Waals surface area contributed by atoms with Crippen LogP contribution in [0.4, 0.5) is 4.79 Å². The highest BCUT2D eigenvalue weighted by molar-refractivity contribution is 5.75. The molecule has 2 fully saturated rings. The van der Waals surface area contributed by atoms with Gasteiger partial charge in [-0.05, 0) is 43.9 Å². The number of carboxylic acid groups (broad SMARTS) is 1. The highest BCUT2D eigenvalue weighted by Gasteiger charge is 2.40. The normalized spacial score (nSPS) is 22.8. The molecule has 19 heavy (non-hydrogen) atoms. The number of aliphatic carboxylic acids is 1. The van der Waals surface area contributed by atoms with Gasteiger partial charge in [0.2, 0.25) is 0 Å². The Bertz CT molecular complexity index is 354. The summed E-state index contributed by atoms with van der Waals surface area (Å²) in [6.07, 6.45) is 7.27. The van der Waals surface area contributed by atoms with E-state index in [1.807, 2.05) is 0 Å². The van der Waals surface area contributed by atoms with Crippen LogP contribution < -0.4 is 10.6 Å². The second kappa shape index (κ2) is 5.39. The lowest BCUT2D eigenvalue weighted by atomic mass is 9.66. The number of rotatable bonds is 6. The summed E-state index contributed by atoms with van der Waals surface area (Å²) in [6.45, 7) is 2.57. The summed E-state index contributed by atoms with van der Waals surface area (Å²) in [5, 5.41) is 14.9. The molecular weight excluding hydrogens is 244 g/mol. The van der Waals surface area contributed by atoms with Gasteiger partial charge in [-0.25, -0.2) is 4.79 Å². The number of carbonyl (C=O) groups is 2. The first kappa shape index (κ1) is 14.2. The molecule has 2 saturated carbocycles. The number of hydrogen-bond donors (Lipinski definition) is 3. The maximum absolute atomic E-state index is 11.9. The fraction of sp³-hybridized carbons (Fsp3) is 0.857. The van der Waals surface area contributed by atoms with E-state index in [9.17, 15) is 9.59 Å². The highest BCUT2D eigenvalue weighted by atomic mass is 16.4. The zero-order valence-electron chi connectivity index (χ0n) is 11.6. The Morgan fingerprint density at radius 3 is 2.16 bits per heavy atom. The molecule has 2 aliphatic rings. The zero-order chi connectivity index (χ0) is 13.9. The molecule has 0 heterocycles. The molecule has 0 spiro atoms. The Kier molecular flexibility index (Phi) is 4.02. The van der Waals surface area contributed by atoms with Crippen LogP contribution in [0, 0.1) is 5.41 Å². The smallest absolute Gasteiger partial charge is 0.315 e. The average Bonchev–Trinajstić information content (AvgIpc) is 2.26. The van der Waals surface area contributed by atoms with Crippen molar-refractivity contribution in [3.63, 3.8) is 0 Å². The van der Waals surface area contributed by atoms with Crippen LogP contribution >= 0.6 is 0 Å². The molecule has 0 atom stereocenters. The monoisotopic (exact) mass is 268 g/mol. The van der Waals surface area contributed by atoms with Crippen LogP contribution in [-0.2, 0) is 4.79 Å². The van der Waals surface area contributed by atoms with Gasteiger partial charge in [-0.15, -0.1) is 0 Å². The number of amides is 2. The minimum atomic E-state index is -0.772. The predicted molar refractivity (Wildman–Crippen MR) is 71.9 cm³/mol. The Hall–Kier alpha value is -1.26. The van der Waals surface area contributed by atoms with E-state index in [0.717, 1.165) is 38.5 Å². The Morgan fingerprint density at radius 2 is 1.79 bits per heavy atom. The number of urea groups is 1. The van der Waals surface area contributed by atoms with Gasteiger partial charge in [-0.2, -0.15) is 0 Å². The van der Waals surface area contributed by atoms with E-state index in [-0.39, 0.29) is 23.4 Å². The van der Waals surface area contributed by atoms with Crippen LogP contribution in [0.15, 0.2) is 0 Å². The van der Waals surface area contributed by atoms with Crippen molar-refractivity contribution in [2.45, 2.75) is 63.8 Å². The largest absolute Gasteiger partial charge is 0.481 e. The van der Waals surface area contributed by atoms with Crippen LogP contribution in [0.3, 0.4) is 0 Å². The van der Waals surface area contributed by atoms with Crippen molar-refractivity contribution in [2.24, 2.45) is 5.41 Å². The quantitative estimate of drug-likeness (QED) is 0.691. The summed E-state index contributed by atoms with van der Waals surface area (Å²) in [5.41, 5.74) is -0.216. The maximum atomic E-state index is 11.9. The molecule has 3 N–H and O–H groups in total. The molecule has 0 saturated heterocycles. The van der Waals surface area contributed by atoms with Crippen LogP contribution in [-0.4, -0.2) is 29.2 Å². The van der Waals surface area contributed by atoms with Crippen molar-refractivity contribution in [1.29, 1.82) is 0 Å². The van der Waals surface area contributed by atoms with Crippen LogP contribution in [0.1, 0.15) is 58.3 Å². The molecule has 0 unspecified atom stereocenters. The van der Waals surface area contributed by atoms with Crippen molar-refractivity contribution in [3.8, 4) is 0 Å². The van der Waals surface area contributed by atoms with Crippen LogP contribution in [0.5, 0.6) is 0 Å². The summed E-state index contributed by atoms with van der Waals surface area (Å²) in [6, 6.07) is -0.141. The predicted octanol–water partition coefficient (Wildman–Crippen LogP) is 2.26. The molecule has 0 bridgehead atoms. The molecule has 0 radical (unpaired) electrons. The van der Waals surface area contributed by atoms with Crippen molar-refractivity contribution < 1.29 is 14.7 Å². The van der Waals surface area contributed by atoms with Gasteiger partial charge < -0.3 is 15.7 Å². The topological polar surface area (TPSA) is 78.4 Å². The average molecular weight is 268 g/mol. The van der Waals surface area contributed by atoms with Gasteiger partial charge in [0.25, 0.3) is 0 Å². The second-order valence-electron chi connectivity index (χ2n) is 6.22. The van der Waals surface area contributed by atoms with E-state index in [4.69, 9.17) is 5.11 Å². The minimum Gasteiger partial charge on any atom is -0.481 e. The lowest BCUT2D eigenvalue weighted by molar-refractivity contribution is -0.141. The number of carbonyl (C=O) groups excluding carboxylic acids is 1. The third-order valence-electron chi connectivity index (χ3n) is 4.93. The summed E-state index contributed by atoms with van der Waals surface area (Å²) in [5.74, 6) is -0.772. The standard InChI is InChI=1S/C14H24N2O3/c1-2-14(7-4-8-14)16-12(19)15-10-13(5-3-6-13)9-11(17)18/h2-10H2,1H3,(H,17,18)(H2,15,16,19). The highest BCUT2D eigenvalue weighted by Crippen LogP contribution is 2.43. The number of nitrogens with one attached hydrogen (secondary N) is 2. The summed E-state index contributed by atoms with van der Waals surface area (Å²) < 4.78 is 0. The molecule has 108 valence electrons. The Balaban J connectivity index is 1.78. The fourth-order valence-corrected chi connectivity index (χ4v) is 3.14. The van der Waals surface area contributed by atoms with Crippen molar-refractivity contribution in [1.82, 2.24) is 10.6 Å². The van der Waals surface area contributed by atoms with Gasteiger partial charge in [0, 0.05) is 12.1 Å². The van der Waals surface area contributed by atoms with Crippen LogP contribution in [0.25, 0.3) is 0 Å². The van der Waals surface area contributed by atoms with Crippen LogP contribution in [0.2, 0.25) is 0 Å². The van der Waals surface area contributed by atoms with Crippen molar-refractivity contribution >= 4 is 12.0 Å². The van der Waals surface area contributed by atoms with E-state index < -0.39 is 5.97 Å². The first-order valence-electron chi connectivity index (χ1n) is 7.27. The van der Waals surface area contributed by atoms with Crippen molar-refractivity contribution in [2.75, 3.05) is 6.54 Å². The molecular formula is C14H24N2O3. The number of carboxylic acids is 1. The molecule has 5 nitrogen and oxygen atoms in total. The van der Waals surface area contributed by atoms with Gasteiger partial charge in [0.1, 0.15) is 0 Å². The summed E-state index contributed by atoms with van der Waals surface area (Å²) in [7, 11) is 0. The third kappa shape index (κ3) is 3.19. The minimum absolute atomic E-state index is 0.0103. The van der Waals surface area contributed by atoms with E-state index in [0.29, 0.717) is 6.54 Å². The molecule has 0 aromatic rings. The molecule has 2 rings (SSSR count). The zero-order valence-corrected chi connectivity index (χ0v) is 11.6. The summed E-state index contributed by atoms with van der Waals surface area (Å²) in [4.78, 5) is 22.8. The van der Waals surface area contributed by atoms with Gasteiger partial charge in [0.05, 0.1) is 6.42 Å². The molecule has 0 aromatic heterocycles. The molecule has 0 aromatic carbocycles. The fourth-order valence-electron chi connectivity index (χ4n) is 3.14. The third-order valence-corrected chi connectivity index (χ3v) is 4.93. The number of hydrogen-bond acceptors (Lipinski definition) is 2. The molecule has 0 aliphatic heterocycles. The lowest BCUT2D eigenvalue weighted by Crippen LogP contribution is -2.57. The first-order valence-corrected chi connectivity index (χ1v) is 7.27. The Labute approximate surface area is 114 Å². The first-order chi connectivity index (χ1) is 8.99. The van der Waals surface area contributed by atoms with E-state index >= 15 is 0 Å². The SMILES string of the molecule is CCC1(NC(=O)NCC2(CC(=O)O)CCC2)CCC1. The van der Waals surface area contributed by atoms with E-state index in [1.54, 1.807) is 0 Å². The lowest BCUT2D eigenvalue weighted by Gasteiger charge is -2.43. The molecule has 2 aliphatic carbocycles. The molecule has 5 heteroatoms. The second-order valence-corrected chi connectivity index (χ2v) is 6.22. The summed E-state index contributed by atoms with van der Waals surface area (Å²) >= 11 is 0. The van der Waals surface area contributed by atoms with E-state index in [1.165, 1.54) is 6.42 Å².